The minimum atomic E-state index is -1.75. The van der Waals surface area contributed by atoms with Crippen LogP contribution in [-0.2, 0) is 16.1 Å². The number of rotatable bonds is 5. The maximum atomic E-state index is 6.05. The lowest BCUT2D eigenvalue weighted by atomic mass is 10.2. The molecule has 2 nitrogen and oxygen atoms in total. The Morgan fingerprint density at radius 1 is 1.08 bits per heavy atom. The van der Waals surface area contributed by atoms with E-state index < -0.39 is 8.07 Å². The highest BCUT2D eigenvalue weighted by atomic mass is 79.9. The minimum absolute atomic E-state index is 0.0377. The van der Waals surface area contributed by atoms with Crippen molar-refractivity contribution in [3.63, 3.8) is 0 Å². The Kier molecular flexibility index (Phi) is 5.92. The zero-order chi connectivity index (χ0) is 17.0. The molecule has 0 radical (unpaired) electrons. The molecular weight excluding hydrogens is 380 g/mol. The van der Waals surface area contributed by atoms with Crippen molar-refractivity contribution < 1.29 is 9.47 Å². The standard InChI is InChI=1S/C20H25BrO2Si/c1-24(2,18-12-10-17(21)11-13-18)19-8-4-3-7-16(19)15-23-20-9-5-6-14-22-20/h3-4,7-8,10-13,20H,5-6,9,14-15H2,1-2H3/t20-/m1/s1. The van der Waals surface area contributed by atoms with E-state index in [9.17, 15) is 0 Å². The van der Waals surface area contributed by atoms with Gasteiger partial charge in [0.15, 0.2) is 6.29 Å². The fourth-order valence-corrected chi connectivity index (χ4v) is 6.35. The van der Waals surface area contributed by atoms with Crippen LogP contribution in [0.4, 0.5) is 0 Å². The van der Waals surface area contributed by atoms with E-state index >= 15 is 0 Å². The minimum Gasteiger partial charge on any atom is -0.353 e. The molecule has 1 fully saturated rings. The Morgan fingerprint density at radius 2 is 1.83 bits per heavy atom. The Hall–Kier alpha value is -0.943. The summed E-state index contributed by atoms with van der Waals surface area (Å²) in [7, 11) is -1.75. The van der Waals surface area contributed by atoms with Crippen LogP contribution < -0.4 is 10.4 Å². The lowest BCUT2D eigenvalue weighted by molar-refractivity contribution is -0.168. The van der Waals surface area contributed by atoms with Crippen LogP contribution in [0.1, 0.15) is 24.8 Å². The van der Waals surface area contributed by atoms with Gasteiger partial charge in [0, 0.05) is 11.1 Å². The van der Waals surface area contributed by atoms with Crippen molar-refractivity contribution in [3.8, 4) is 0 Å². The van der Waals surface area contributed by atoms with Crippen molar-refractivity contribution in [1.29, 1.82) is 0 Å². The topological polar surface area (TPSA) is 18.5 Å². The van der Waals surface area contributed by atoms with E-state index in [1.165, 1.54) is 22.4 Å². The molecule has 128 valence electrons. The molecule has 0 amide bonds. The number of benzene rings is 2. The molecule has 4 heteroatoms. The number of hydrogen-bond donors (Lipinski definition) is 0. The van der Waals surface area contributed by atoms with Gasteiger partial charge in [-0.25, -0.2) is 0 Å². The SMILES string of the molecule is C[Si](C)(c1ccc(Br)cc1)c1ccccc1CO[C@@H]1CCCCO1. The molecule has 0 saturated carbocycles. The molecular formula is C20H25BrO2Si. The summed E-state index contributed by atoms with van der Waals surface area (Å²) in [6.07, 6.45) is 3.32. The molecule has 0 bridgehead atoms. The number of halogens is 1. The van der Waals surface area contributed by atoms with Crippen molar-refractivity contribution in [1.82, 2.24) is 0 Å². The largest absolute Gasteiger partial charge is 0.353 e. The molecule has 2 aromatic carbocycles. The van der Waals surface area contributed by atoms with Gasteiger partial charge in [-0.15, -0.1) is 0 Å². The first-order valence-electron chi connectivity index (χ1n) is 8.65. The summed E-state index contributed by atoms with van der Waals surface area (Å²) in [5, 5.41) is 2.88. The van der Waals surface area contributed by atoms with Crippen molar-refractivity contribution in [2.45, 2.75) is 45.3 Å². The highest BCUT2D eigenvalue weighted by molar-refractivity contribution is 9.10. The van der Waals surface area contributed by atoms with E-state index in [1.807, 2.05) is 0 Å². The molecule has 0 unspecified atom stereocenters. The molecule has 0 N–H and O–H groups in total. The van der Waals surface area contributed by atoms with Gasteiger partial charge in [-0.2, -0.15) is 0 Å². The Labute approximate surface area is 154 Å². The third-order valence-corrected chi connectivity index (χ3v) is 8.96. The number of hydrogen-bond acceptors (Lipinski definition) is 2. The zero-order valence-corrected chi connectivity index (χ0v) is 17.0. The second-order valence-corrected chi connectivity index (χ2v) is 12.2. The summed E-state index contributed by atoms with van der Waals surface area (Å²) < 4.78 is 12.9. The first-order chi connectivity index (χ1) is 11.6. The molecule has 1 atom stereocenters. The first-order valence-corrected chi connectivity index (χ1v) is 12.4. The highest BCUT2D eigenvalue weighted by Crippen LogP contribution is 2.17. The van der Waals surface area contributed by atoms with Gasteiger partial charge >= 0.3 is 0 Å². The average molecular weight is 405 g/mol. The van der Waals surface area contributed by atoms with Crippen LogP contribution in [0.5, 0.6) is 0 Å². The Morgan fingerprint density at radius 3 is 2.54 bits per heavy atom. The van der Waals surface area contributed by atoms with E-state index in [-0.39, 0.29) is 6.29 Å². The van der Waals surface area contributed by atoms with Gasteiger partial charge in [-0.05, 0) is 42.1 Å². The van der Waals surface area contributed by atoms with Crippen LogP contribution in [0.15, 0.2) is 53.0 Å². The van der Waals surface area contributed by atoms with E-state index in [4.69, 9.17) is 9.47 Å². The van der Waals surface area contributed by atoms with Crippen LogP contribution in [0.3, 0.4) is 0 Å². The van der Waals surface area contributed by atoms with Crippen LogP contribution in [0, 0.1) is 0 Å². The molecule has 1 aliphatic heterocycles. The molecule has 0 aliphatic carbocycles. The quantitative estimate of drug-likeness (QED) is 0.690. The molecule has 2 aromatic rings. The summed E-state index contributed by atoms with van der Waals surface area (Å²) in [5.74, 6) is 0. The smallest absolute Gasteiger partial charge is 0.158 e. The maximum Gasteiger partial charge on any atom is 0.158 e. The van der Waals surface area contributed by atoms with Crippen molar-refractivity contribution >= 4 is 34.4 Å². The second kappa shape index (κ2) is 7.96. The summed E-state index contributed by atoms with van der Waals surface area (Å²) >= 11 is 3.53. The van der Waals surface area contributed by atoms with Gasteiger partial charge in [0.25, 0.3) is 0 Å². The van der Waals surface area contributed by atoms with Crippen LogP contribution in [0.25, 0.3) is 0 Å². The maximum absolute atomic E-state index is 6.05. The fraction of sp³-hybridized carbons (Fsp3) is 0.400. The molecule has 1 saturated heterocycles. The monoisotopic (exact) mass is 404 g/mol. The van der Waals surface area contributed by atoms with Gasteiger partial charge in [-0.3, -0.25) is 0 Å². The summed E-state index contributed by atoms with van der Waals surface area (Å²) in [6.45, 7) is 6.28. The van der Waals surface area contributed by atoms with E-state index in [0.29, 0.717) is 6.61 Å². The normalized spacial score (nSPS) is 18.5. The summed E-state index contributed by atoms with van der Waals surface area (Å²) in [6, 6.07) is 17.5. The predicted octanol–water partition coefficient (Wildman–Crippen LogP) is 4.31. The third kappa shape index (κ3) is 4.17. The van der Waals surface area contributed by atoms with E-state index in [2.05, 4.69) is 77.6 Å². The molecule has 1 aliphatic rings. The summed E-state index contributed by atoms with van der Waals surface area (Å²) in [5.41, 5.74) is 1.30. The van der Waals surface area contributed by atoms with Gasteiger partial charge in [-0.1, -0.05) is 70.6 Å². The molecule has 3 rings (SSSR count). The van der Waals surface area contributed by atoms with Crippen LogP contribution in [-0.4, -0.2) is 21.0 Å². The van der Waals surface area contributed by atoms with Crippen molar-refractivity contribution in [2.75, 3.05) is 6.61 Å². The second-order valence-electron chi connectivity index (χ2n) is 6.90. The van der Waals surface area contributed by atoms with Crippen LogP contribution in [0.2, 0.25) is 13.1 Å². The molecule has 0 spiro atoms. The lowest BCUT2D eigenvalue weighted by Gasteiger charge is -2.28. The zero-order valence-electron chi connectivity index (χ0n) is 14.4. The Bertz CT molecular complexity index is 664. The molecule has 0 aromatic heterocycles. The van der Waals surface area contributed by atoms with E-state index in [1.54, 1.807) is 0 Å². The highest BCUT2D eigenvalue weighted by Gasteiger charge is 2.28. The van der Waals surface area contributed by atoms with Gasteiger partial charge < -0.3 is 9.47 Å². The molecule has 24 heavy (non-hydrogen) atoms. The van der Waals surface area contributed by atoms with Crippen molar-refractivity contribution in [2.24, 2.45) is 0 Å². The Balaban J connectivity index is 1.80. The van der Waals surface area contributed by atoms with Gasteiger partial charge in [0.2, 0.25) is 0 Å². The first kappa shape index (κ1) is 17.9. The average Bonchev–Trinajstić information content (AvgIpc) is 2.61. The van der Waals surface area contributed by atoms with E-state index in [0.717, 1.165) is 23.9 Å². The summed E-state index contributed by atoms with van der Waals surface area (Å²) in [4.78, 5) is 0. The van der Waals surface area contributed by atoms with Crippen molar-refractivity contribution in [3.05, 3.63) is 58.6 Å². The fourth-order valence-electron chi connectivity index (χ4n) is 3.30. The molecule has 1 heterocycles. The van der Waals surface area contributed by atoms with Gasteiger partial charge in [0.05, 0.1) is 6.61 Å². The van der Waals surface area contributed by atoms with Gasteiger partial charge in [0.1, 0.15) is 8.07 Å². The predicted molar refractivity (Wildman–Crippen MR) is 106 cm³/mol. The van der Waals surface area contributed by atoms with Crippen LogP contribution >= 0.6 is 15.9 Å². The lowest BCUT2D eigenvalue weighted by Crippen LogP contribution is -2.54. The number of ether oxygens (including phenoxy) is 2. The third-order valence-electron chi connectivity index (χ3n) is 4.82.